The molecule has 5 rings (SSSR count). The van der Waals surface area contributed by atoms with E-state index in [1.54, 1.807) is 18.6 Å². The summed E-state index contributed by atoms with van der Waals surface area (Å²) in [6, 6.07) is 1.85. The standard InChI is InChI=1S/C30H38O7/c1-17(31)35-23-9-12-28(5)20-8-11-29(6)22(15-25(33)37-26(29)19-10-13-34-16-19)30(20,7)24(36-18(2)32)14-21(28)27(23,3)4/h9-10,12-13,15-16,20-21,23-24,26H,8,11,14H2,1-7H3/t20?,21?,23?,24-,26+,28-,29-,30-/m1/s1. The van der Waals surface area contributed by atoms with Crippen LogP contribution in [-0.4, -0.2) is 30.1 Å². The van der Waals surface area contributed by atoms with Gasteiger partial charge in [0.2, 0.25) is 0 Å². The van der Waals surface area contributed by atoms with E-state index in [1.165, 1.54) is 13.8 Å². The van der Waals surface area contributed by atoms with Gasteiger partial charge < -0.3 is 18.6 Å². The molecule has 1 aliphatic heterocycles. The summed E-state index contributed by atoms with van der Waals surface area (Å²) < 4.78 is 23.1. The summed E-state index contributed by atoms with van der Waals surface area (Å²) in [6.45, 7) is 13.8. The van der Waals surface area contributed by atoms with E-state index in [9.17, 15) is 14.4 Å². The number of esters is 3. The van der Waals surface area contributed by atoms with Crippen LogP contribution in [0.1, 0.15) is 79.4 Å². The Kier molecular flexibility index (Phi) is 5.81. The molecule has 4 aliphatic rings. The molecule has 0 radical (unpaired) electrons. The van der Waals surface area contributed by atoms with E-state index in [0.29, 0.717) is 6.42 Å². The fourth-order valence-corrected chi connectivity index (χ4v) is 8.66. The molecule has 1 aromatic heterocycles. The van der Waals surface area contributed by atoms with Gasteiger partial charge in [0.05, 0.1) is 12.5 Å². The number of allylic oxidation sites excluding steroid dienone is 1. The Hall–Kier alpha value is -2.83. The first-order valence-corrected chi connectivity index (χ1v) is 13.2. The Labute approximate surface area is 218 Å². The second kappa shape index (κ2) is 8.34. The zero-order valence-electron chi connectivity index (χ0n) is 22.8. The van der Waals surface area contributed by atoms with Crippen LogP contribution in [0.25, 0.3) is 0 Å². The Morgan fingerprint density at radius 2 is 1.73 bits per heavy atom. The number of fused-ring (bicyclic) bond motifs is 5. The molecule has 0 aromatic carbocycles. The minimum atomic E-state index is -0.597. The molecule has 0 saturated heterocycles. The van der Waals surface area contributed by atoms with Gasteiger partial charge in [-0.3, -0.25) is 9.59 Å². The van der Waals surface area contributed by atoms with E-state index in [-0.39, 0.29) is 46.7 Å². The number of hydrogen-bond donors (Lipinski definition) is 0. The van der Waals surface area contributed by atoms with Gasteiger partial charge >= 0.3 is 17.9 Å². The van der Waals surface area contributed by atoms with Crippen molar-refractivity contribution in [3.63, 3.8) is 0 Å². The molecule has 7 nitrogen and oxygen atoms in total. The maximum atomic E-state index is 13.0. The summed E-state index contributed by atoms with van der Waals surface area (Å²) in [7, 11) is 0. The Bertz CT molecular complexity index is 1180. The van der Waals surface area contributed by atoms with Crippen molar-refractivity contribution < 1.29 is 33.0 Å². The van der Waals surface area contributed by atoms with Crippen LogP contribution in [0.5, 0.6) is 0 Å². The fourth-order valence-electron chi connectivity index (χ4n) is 8.66. The third-order valence-electron chi connectivity index (χ3n) is 10.3. The van der Waals surface area contributed by atoms with Gasteiger partial charge in [0.15, 0.2) is 0 Å². The van der Waals surface area contributed by atoms with Crippen LogP contribution in [0.15, 0.2) is 46.8 Å². The molecule has 200 valence electrons. The molecule has 0 amide bonds. The number of carbonyl (C=O) groups is 3. The van der Waals surface area contributed by atoms with Crippen LogP contribution in [0, 0.1) is 33.5 Å². The van der Waals surface area contributed by atoms with Crippen molar-refractivity contribution in [1.29, 1.82) is 0 Å². The highest BCUT2D eigenvalue weighted by atomic mass is 16.6. The van der Waals surface area contributed by atoms with Crippen molar-refractivity contribution in [1.82, 2.24) is 0 Å². The number of rotatable bonds is 3. The molecule has 0 spiro atoms. The van der Waals surface area contributed by atoms with E-state index < -0.39 is 23.0 Å². The van der Waals surface area contributed by atoms with Gasteiger partial charge in [0.25, 0.3) is 0 Å². The van der Waals surface area contributed by atoms with Crippen molar-refractivity contribution >= 4 is 17.9 Å². The molecule has 0 N–H and O–H groups in total. The second-order valence-electron chi connectivity index (χ2n) is 12.7. The molecule has 2 fully saturated rings. The lowest BCUT2D eigenvalue weighted by Gasteiger charge is -2.68. The van der Waals surface area contributed by atoms with Gasteiger partial charge in [-0.15, -0.1) is 0 Å². The summed E-state index contributed by atoms with van der Waals surface area (Å²) in [4.78, 5) is 37.4. The van der Waals surface area contributed by atoms with Gasteiger partial charge in [0.1, 0.15) is 18.3 Å². The lowest BCUT2D eigenvalue weighted by Crippen LogP contribution is -2.65. The van der Waals surface area contributed by atoms with Crippen molar-refractivity contribution in [2.24, 2.45) is 33.5 Å². The van der Waals surface area contributed by atoms with Gasteiger partial charge in [0, 0.05) is 41.7 Å². The first-order valence-electron chi connectivity index (χ1n) is 13.2. The van der Waals surface area contributed by atoms with Gasteiger partial charge in [-0.1, -0.05) is 40.7 Å². The average molecular weight is 511 g/mol. The Morgan fingerprint density at radius 1 is 1.03 bits per heavy atom. The summed E-state index contributed by atoms with van der Waals surface area (Å²) in [5.41, 5.74) is 0.0988. The van der Waals surface area contributed by atoms with Gasteiger partial charge in [-0.25, -0.2) is 4.79 Å². The van der Waals surface area contributed by atoms with Crippen molar-refractivity contribution in [3.8, 4) is 0 Å². The number of hydrogen-bond acceptors (Lipinski definition) is 7. The number of ether oxygens (including phenoxy) is 3. The second-order valence-corrected chi connectivity index (χ2v) is 12.7. The molecule has 37 heavy (non-hydrogen) atoms. The van der Waals surface area contributed by atoms with Gasteiger partial charge in [-0.2, -0.15) is 0 Å². The molecule has 7 heteroatoms. The molecule has 3 aliphatic carbocycles. The van der Waals surface area contributed by atoms with Crippen LogP contribution in [-0.2, 0) is 28.6 Å². The molecule has 2 heterocycles. The third kappa shape index (κ3) is 3.63. The van der Waals surface area contributed by atoms with E-state index in [0.717, 1.165) is 24.0 Å². The monoisotopic (exact) mass is 510 g/mol. The lowest BCUT2D eigenvalue weighted by molar-refractivity contribution is -0.204. The topological polar surface area (TPSA) is 92.0 Å². The highest BCUT2D eigenvalue weighted by Gasteiger charge is 2.69. The van der Waals surface area contributed by atoms with Gasteiger partial charge in [-0.05, 0) is 54.2 Å². The quantitative estimate of drug-likeness (QED) is 0.292. The Balaban J connectivity index is 1.66. The summed E-state index contributed by atoms with van der Waals surface area (Å²) in [5.74, 6) is -0.863. The Morgan fingerprint density at radius 3 is 2.35 bits per heavy atom. The first kappa shape index (κ1) is 25.8. The maximum Gasteiger partial charge on any atom is 0.331 e. The zero-order valence-corrected chi connectivity index (χ0v) is 22.8. The van der Waals surface area contributed by atoms with Crippen LogP contribution in [0.2, 0.25) is 0 Å². The number of cyclic esters (lactones) is 1. The smallest absolute Gasteiger partial charge is 0.331 e. The van der Waals surface area contributed by atoms with Crippen LogP contribution in [0.3, 0.4) is 0 Å². The van der Waals surface area contributed by atoms with Crippen LogP contribution >= 0.6 is 0 Å². The van der Waals surface area contributed by atoms with E-state index in [2.05, 4.69) is 40.7 Å². The minimum absolute atomic E-state index is 0.0851. The number of carbonyl (C=O) groups excluding carboxylic acids is 3. The van der Waals surface area contributed by atoms with Crippen molar-refractivity contribution in [3.05, 3.63) is 48.0 Å². The third-order valence-corrected chi connectivity index (χ3v) is 10.3. The predicted molar refractivity (Wildman–Crippen MR) is 135 cm³/mol. The summed E-state index contributed by atoms with van der Waals surface area (Å²) in [6.07, 6.45) is 10.1. The minimum Gasteiger partial charge on any atom is -0.472 e. The van der Waals surface area contributed by atoms with Crippen molar-refractivity contribution in [2.45, 2.75) is 86.0 Å². The molecule has 8 atom stereocenters. The summed E-state index contributed by atoms with van der Waals surface area (Å²) >= 11 is 0. The first-order chi connectivity index (χ1) is 17.2. The predicted octanol–water partition coefficient (Wildman–Crippen LogP) is 5.71. The molecule has 3 unspecified atom stereocenters. The molecular weight excluding hydrogens is 472 g/mol. The zero-order chi connectivity index (χ0) is 27.0. The normalized spacial score (nSPS) is 41.9. The summed E-state index contributed by atoms with van der Waals surface area (Å²) in [5, 5.41) is 0. The average Bonchev–Trinajstić information content (AvgIpc) is 3.32. The van der Waals surface area contributed by atoms with E-state index in [1.807, 2.05) is 12.1 Å². The van der Waals surface area contributed by atoms with Crippen molar-refractivity contribution in [2.75, 3.05) is 0 Å². The fraction of sp³-hybridized carbons (Fsp3) is 0.633. The van der Waals surface area contributed by atoms with Crippen LogP contribution in [0.4, 0.5) is 0 Å². The lowest BCUT2D eigenvalue weighted by atomic mass is 9.38. The maximum absolute atomic E-state index is 13.0. The largest absolute Gasteiger partial charge is 0.472 e. The number of furan rings is 1. The van der Waals surface area contributed by atoms with E-state index in [4.69, 9.17) is 18.6 Å². The molecular formula is C30H38O7. The SMILES string of the molecule is CC(=O)OC1C=C[C@@]2(C)C(C[C@@H](OC(C)=O)[C@@]3(C)C4=CC(=O)O[C@@H](c5ccoc5)[C@]4(C)CCC23)C1(C)C. The van der Waals surface area contributed by atoms with Crippen LogP contribution < -0.4 is 0 Å². The highest BCUT2D eigenvalue weighted by molar-refractivity contribution is 5.85. The molecule has 0 bridgehead atoms. The van der Waals surface area contributed by atoms with E-state index >= 15 is 0 Å². The molecule has 2 saturated carbocycles. The highest BCUT2D eigenvalue weighted by Crippen LogP contribution is 2.72. The molecule has 1 aromatic rings.